The third-order valence-electron chi connectivity index (χ3n) is 4.01. The van der Waals surface area contributed by atoms with Crippen LogP contribution in [0, 0.1) is 11.3 Å². The van der Waals surface area contributed by atoms with E-state index in [1.165, 1.54) is 38.6 Å². The van der Waals surface area contributed by atoms with Crippen molar-refractivity contribution in [2.75, 3.05) is 20.2 Å². The van der Waals surface area contributed by atoms with E-state index in [0.717, 1.165) is 12.5 Å². The molecular weight excluding hydrogens is 174 g/mol. The van der Waals surface area contributed by atoms with E-state index in [1.54, 1.807) is 0 Å². The minimum Gasteiger partial charge on any atom is -0.378 e. The van der Waals surface area contributed by atoms with Crippen LogP contribution in [0.3, 0.4) is 0 Å². The normalized spacial score (nSPS) is 41.6. The van der Waals surface area contributed by atoms with Gasteiger partial charge in [-0.3, -0.25) is 0 Å². The summed E-state index contributed by atoms with van der Waals surface area (Å²) in [4.78, 5) is 0. The smallest absolute Gasteiger partial charge is 0.0580 e. The lowest BCUT2D eigenvalue weighted by Crippen LogP contribution is -2.29. The molecule has 0 aromatic rings. The van der Waals surface area contributed by atoms with Crippen molar-refractivity contribution in [3.63, 3.8) is 0 Å². The zero-order chi connectivity index (χ0) is 10.0. The predicted octanol–water partition coefficient (Wildman–Crippen LogP) is 2.19. The summed E-state index contributed by atoms with van der Waals surface area (Å²) in [6, 6.07) is 0. The van der Waals surface area contributed by atoms with E-state index in [2.05, 4.69) is 19.3 Å². The Morgan fingerprint density at radius 3 is 3.00 bits per heavy atom. The zero-order valence-electron chi connectivity index (χ0n) is 9.51. The van der Waals surface area contributed by atoms with E-state index in [1.807, 2.05) is 0 Å². The molecule has 2 nitrogen and oxygen atoms in total. The van der Waals surface area contributed by atoms with Crippen LogP contribution in [0.1, 0.15) is 39.0 Å². The molecule has 2 fully saturated rings. The second kappa shape index (κ2) is 4.19. The molecule has 14 heavy (non-hydrogen) atoms. The van der Waals surface area contributed by atoms with E-state index in [4.69, 9.17) is 4.74 Å². The van der Waals surface area contributed by atoms with E-state index in [-0.39, 0.29) is 0 Å². The monoisotopic (exact) mass is 197 g/mol. The van der Waals surface area contributed by atoms with Crippen LogP contribution in [0.5, 0.6) is 0 Å². The summed E-state index contributed by atoms with van der Waals surface area (Å²) in [7, 11) is 2.06. The Balaban J connectivity index is 1.83. The van der Waals surface area contributed by atoms with Crippen molar-refractivity contribution >= 4 is 0 Å². The van der Waals surface area contributed by atoms with Gasteiger partial charge in [0.15, 0.2) is 0 Å². The van der Waals surface area contributed by atoms with Crippen LogP contribution in [0.25, 0.3) is 0 Å². The molecule has 2 rings (SSSR count). The van der Waals surface area contributed by atoms with Crippen LogP contribution in [0.2, 0.25) is 0 Å². The molecule has 1 saturated carbocycles. The molecule has 1 aliphatic carbocycles. The SMILES string of the molecule is CCCC1CC2(CCO1)CC2CNC. The van der Waals surface area contributed by atoms with Crippen molar-refractivity contribution in [2.24, 2.45) is 11.3 Å². The number of hydrogen-bond acceptors (Lipinski definition) is 2. The molecule has 0 bridgehead atoms. The highest BCUT2D eigenvalue weighted by Gasteiger charge is 2.55. The highest BCUT2D eigenvalue weighted by molar-refractivity contribution is 5.05. The van der Waals surface area contributed by atoms with E-state index >= 15 is 0 Å². The molecule has 82 valence electrons. The largest absolute Gasteiger partial charge is 0.378 e. The van der Waals surface area contributed by atoms with Gasteiger partial charge in [0.2, 0.25) is 0 Å². The van der Waals surface area contributed by atoms with Crippen LogP contribution >= 0.6 is 0 Å². The Bertz CT molecular complexity index is 193. The van der Waals surface area contributed by atoms with Gasteiger partial charge in [-0.15, -0.1) is 0 Å². The first-order valence-corrected chi connectivity index (χ1v) is 6.07. The molecule has 0 aromatic heterocycles. The fourth-order valence-electron chi connectivity index (χ4n) is 3.07. The molecule has 0 amide bonds. The molecule has 3 unspecified atom stereocenters. The number of nitrogens with one attached hydrogen (secondary N) is 1. The van der Waals surface area contributed by atoms with Gasteiger partial charge in [0.25, 0.3) is 0 Å². The summed E-state index contributed by atoms with van der Waals surface area (Å²) in [6.07, 6.45) is 7.16. The number of rotatable bonds is 4. The van der Waals surface area contributed by atoms with Crippen LogP contribution in [0.4, 0.5) is 0 Å². The molecule has 1 spiro atoms. The zero-order valence-corrected chi connectivity index (χ0v) is 9.51. The Hall–Kier alpha value is -0.0800. The van der Waals surface area contributed by atoms with Crippen LogP contribution in [0.15, 0.2) is 0 Å². The maximum atomic E-state index is 5.80. The van der Waals surface area contributed by atoms with E-state index in [9.17, 15) is 0 Å². The minimum absolute atomic E-state index is 0.565. The highest BCUT2D eigenvalue weighted by Crippen LogP contribution is 2.60. The maximum Gasteiger partial charge on any atom is 0.0580 e. The van der Waals surface area contributed by atoms with Gasteiger partial charge in [0, 0.05) is 6.61 Å². The Morgan fingerprint density at radius 2 is 2.29 bits per heavy atom. The minimum atomic E-state index is 0.565. The second-order valence-corrected chi connectivity index (χ2v) is 5.06. The van der Waals surface area contributed by atoms with Crippen LogP contribution < -0.4 is 5.32 Å². The van der Waals surface area contributed by atoms with Gasteiger partial charge in [0.1, 0.15) is 0 Å². The van der Waals surface area contributed by atoms with Crippen molar-refractivity contribution < 1.29 is 4.74 Å². The predicted molar refractivity (Wildman–Crippen MR) is 58.3 cm³/mol. The fourth-order valence-corrected chi connectivity index (χ4v) is 3.07. The van der Waals surface area contributed by atoms with Crippen molar-refractivity contribution in [1.82, 2.24) is 5.32 Å². The summed E-state index contributed by atoms with van der Waals surface area (Å²) < 4.78 is 5.80. The van der Waals surface area contributed by atoms with E-state index < -0.39 is 0 Å². The molecule has 3 atom stereocenters. The Kier molecular flexibility index (Phi) is 3.13. The van der Waals surface area contributed by atoms with Gasteiger partial charge in [-0.25, -0.2) is 0 Å². The maximum absolute atomic E-state index is 5.80. The Labute approximate surface area is 87.4 Å². The van der Waals surface area contributed by atoms with Gasteiger partial charge < -0.3 is 10.1 Å². The number of hydrogen-bond donors (Lipinski definition) is 1. The first kappa shape index (κ1) is 10.4. The van der Waals surface area contributed by atoms with Gasteiger partial charge in [-0.1, -0.05) is 13.3 Å². The molecule has 1 aliphatic heterocycles. The second-order valence-electron chi connectivity index (χ2n) is 5.06. The van der Waals surface area contributed by atoms with Crippen molar-refractivity contribution in [2.45, 2.75) is 45.1 Å². The van der Waals surface area contributed by atoms with Gasteiger partial charge in [0.05, 0.1) is 6.10 Å². The quantitative estimate of drug-likeness (QED) is 0.746. The molecule has 1 heterocycles. The summed E-state index contributed by atoms with van der Waals surface area (Å²) in [5, 5.41) is 3.31. The average Bonchev–Trinajstić information content (AvgIpc) is 2.79. The third-order valence-corrected chi connectivity index (χ3v) is 4.01. The molecule has 2 heteroatoms. The van der Waals surface area contributed by atoms with Crippen molar-refractivity contribution in [3.05, 3.63) is 0 Å². The lowest BCUT2D eigenvalue weighted by Gasteiger charge is -2.30. The van der Waals surface area contributed by atoms with Gasteiger partial charge >= 0.3 is 0 Å². The number of ether oxygens (including phenoxy) is 1. The molecule has 0 aromatic carbocycles. The Morgan fingerprint density at radius 1 is 1.43 bits per heavy atom. The summed E-state index contributed by atoms with van der Waals surface area (Å²) in [6.45, 7) is 4.46. The summed E-state index contributed by atoms with van der Waals surface area (Å²) in [5.41, 5.74) is 0.682. The lowest BCUT2D eigenvalue weighted by atomic mass is 9.88. The van der Waals surface area contributed by atoms with Crippen molar-refractivity contribution in [1.29, 1.82) is 0 Å². The first-order valence-electron chi connectivity index (χ1n) is 6.07. The van der Waals surface area contributed by atoms with Crippen LogP contribution in [-0.4, -0.2) is 26.3 Å². The standard InChI is InChI=1S/C12H23NO/c1-3-4-11-8-12(5-6-14-11)7-10(12)9-13-2/h10-11,13H,3-9H2,1-2H3. The average molecular weight is 197 g/mol. The molecular formula is C12H23NO. The lowest BCUT2D eigenvalue weighted by molar-refractivity contribution is -0.0246. The van der Waals surface area contributed by atoms with Crippen molar-refractivity contribution in [3.8, 4) is 0 Å². The molecule has 1 N–H and O–H groups in total. The van der Waals surface area contributed by atoms with Gasteiger partial charge in [-0.05, 0) is 50.6 Å². The third kappa shape index (κ3) is 1.96. The first-order chi connectivity index (χ1) is 6.80. The highest BCUT2D eigenvalue weighted by atomic mass is 16.5. The van der Waals surface area contributed by atoms with E-state index in [0.29, 0.717) is 11.5 Å². The molecule has 2 aliphatic rings. The summed E-state index contributed by atoms with van der Waals surface area (Å²) >= 11 is 0. The fraction of sp³-hybridized carbons (Fsp3) is 1.00. The van der Waals surface area contributed by atoms with Crippen LogP contribution in [-0.2, 0) is 4.74 Å². The topological polar surface area (TPSA) is 21.3 Å². The molecule has 0 radical (unpaired) electrons. The van der Waals surface area contributed by atoms with Gasteiger partial charge in [-0.2, -0.15) is 0 Å². The molecule has 1 saturated heterocycles. The summed E-state index contributed by atoms with van der Waals surface area (Å²) in [5.74, 6) is 0.941.